The third-order valence-corrected chi connectivity index (χ3v) is 3.56. The molecule has 2 N–H and O–H groups in total. The second-order valence-corrected chi connectivity index (χ2v) is 4.87. The van der Waals surface area contributed by atoms with Gasteiger partial charge in [0, 0.05) is 25.7 Å². The maximum atomic E-state index is 11.9. The first kappa shape index (κ1) is 15.0. The van der Waals surface area contributed by atoms with Crippen LogP contribution in [0.25, 0.3) is 0 Å². The van der Waals surface area contributed by atoms with E-state index in [0.717, 1.165) is 12.8 Å². The Labute approximate surface area is 109 Å². The Morgan fingerprint density at radius 2 is 1.94 bits per heavy atom. The Hall–Kier alpha value is -1.10. The molecule has 0 saturated carbocycles. The minimum atomic E-state index is -0.00881. The van der Waals surface area contributed by atoms with Crippen LogP contribution >= 0.6 is 0 Å². The summed E-state index contributed by atoms with van der Waals surface area (Å²) >= 11 is 0. The zero-order valence-electron chi connectivity index (χ0n) is 11.7. The summed E-state index contributed by atoms with van der Waals surface area (Å²) < 4.78 is 0. The van der Waals surface area contributed by atoms with Gasteiger partial charge in [-0.15, -0.1) is 0 Å². The molecular formula is C13H25N3O2. The Morgan fingerprint density at radius 3 is 2.44 bits per heavy atom. The second kappa shape index (κ2) is 7.36. The summed E-state index contributed by atoms with van der Waals surface area (Å²) in [6.07, 6.45) is 1.92. The lowest BCUT2D eigenvalue weighted by Crippen LogP contribution is -2.46. The lowest BCUT2D eigenvalue weighted by Gasteiger charge is -2.27. The minimum Gasteiger partial charge on any atom is -0.347 e. The quantitative estimate of drug-likeness (QED) is 0.745. The number of amides is 2. The molecule has 0 aliphatic carbocycles. The fourth-order valence-electron chi connectivity index (χ4n) is 2.22. The highest BCUT2D eigenvalue weighted by atomic mass is 16.2. The molecule has 1 aliphatic heterocycles. The molecule has 1 aliphatic rings. The van der Waals surface area contributed by atoms with Gasteiger partial charge in [0.2, 0.25) is 11.8 Å². The molecule has 1 rings (SSSR count). The molecule has 0 spiro atoms. The van der Waals surface area contributed by atoms with Crippen molar-refractivity contribution < 1.29 is 9.59 Å². The van der Waals surface area contributed by atoms with E-state index in [4.69, 9.17) is 0 Å². The van der Waals surface area contributed by atoms with Crippen molar-refractivity contribution in [2.75, 3.05) is 26.2 Å². The Morgan fingerprint density at radius 1 is 1.28 bits per heavy atom. The van der Waals surface area contributed by atoms with Crippen LogP contribution in [0, 0.1) is 5.92 Å². The van der Waals surface area contributed by atoms with Crippen LogP contribution in [-0.4, -0.2) is 48.9 Å². The van der Waals surface area contributed by atoms with Gasteiger partial charge in [0.25, 0.3) is 0 Å². The molecule has 1 saturated heterocycles. The molecule has 1 fully saturated rings. The zero-order chi connectivity index (χ0) is 13.5. The summed E-state index contributed by atoms with van der Waals surface area (Å²) in [5.41, 5.74) is 0. The molecule has 0 radical (unpaired) electrons. The summed E-state index contributed by atoms with van der Waals surface area (Å²) in [5, 5.41) is 6.04. The monoisotopic (exact) mass is 255 g/mol. The molecule has 0 aromatic rings. The van der Waals surface area contributed by atoms with E-state index in [1.165, 1.54) is 0 Å². The number of hydrogen-bond acceptors (Lipinski definition) is 3. The van der Waals surface area contributed by atoms with Gasteiger partial charge in [0.05, 0.1) is 12.5 Å². The van der Waals surface area contributed by atoms with Crippen LogP contribution < -0.4 is 10.6 Å². The lowest BCUT2D eigenvalue weighted by molar-refractivity contribution is -0.133. The third-order valence-electron chi connectivity index (χ3n) is 3.56. The fraction of sp³-hybridized carbons (Fsp3) is 0.846. The fourth-order valence-corrected chi connectivity index (χ4v) is 2.22. The molecule has 2 unspecified atom stereocenters. The number of piperidine rings is 1. The highest BCUT2D eigenvalue weighted by Crippen LogP contribution is 2.13. The Balaban J connectivity index is 2.30. The van der Waals surface area contributed by atoms with Gasteiger partial charge in [0.15, 0.2) is 0 Å². The van der Waals surface area contributed by atoms with Gasteiger partial charge in [0.1, 0.15) is 0 Å². The summed E-state index contributed by atoms with van der Waals surface area (Å²) in [6, 6.07) is 0.492. The first-order valence-electron chi connectivity index (χ1n) is 6.87. The Kier molecular flexibility index (Phi) is 6.12. The number of nitrogens with zero attached hydrogens (tertiary/aromatic N) is 1. The molecule has 18 heavy (non-hydrogen) atoms. The van der Waals surface area contributed by atoms with Crippen molar-refractivity contribution in [1.82, 2.24) is 15.5 Å². The van der Waals surface area contributed by atoms with Crippen LogP contribution in [0.2, 0.25) is 0 Å². The summed E-state index contributed by atoms with van der Waals surface area (Å²) in [7, 11) is 0. The molecular weight excluding hydrogens is 230 g/mol. The van der Waals surface area contributed by atoms with Crippen molar-refractivity contribution in [1.29, 1.82) is 0 Å². The highest BCUT2D eigenvalue weighted by molar-refractivity contribution is 5.86. The highest BCUT2D eigenvalue weighted by Gasteiger charge is 2.24. The van der Waals surface area contributed by atoms with Crippen molar-refractivity contribution in [3.8, 4) is 0 Å². The van der Waals surface area contributed by atoms with Gasteiger partial charge in [-0.05, 0) is 33.6 Å². The van der Waals surface area contributed by atoms with E-state index in [1.54, 1.807) is 4.90 Å². The van der Waals surface area contributed by atoms with Gasteiger partial charge < -0.3 is 15.5 Å². The van der Waals surface area contributed by atoms with Crippen molar-refractivity contribution in [3.63, 3.8) is 0 Å². The molecule has 0 aromatic heterocycles. The van der Waals surface area contributed by atoms with Gasteiger partial charge in [-0.25, -0.2) is 0 Å². The van der Waals surface area contributed by atoms with Crippen LogP contribution in [0.5, 0.6) is 0 Å². The first-order valence-corrected chi connectivity index (χ1v) is 6.87. The van der Waals surface area contributed by atoms with Gasteiger partial charge in [-0.3, -0.25) is 9.59 Å². The molecule has 0 bridgehead atoms. The Bertz CT molecular complexity index is 282. The molecule has 104 valence electrons. The third kappa shape index (κ3) is 4.29. The first-order chi connectivity index (χ1) is 8.58. The summed E-state index contributed by atoms with van der Waals surface area (Å²) in [5.74, 6) is -0.00824. The average molecular weight is 255 g/mol. The van der Waals surface area contributed by atoms with Crippen molar-refractivity contribution in [3.05, 3.63) is 0 Å². The van der Waals surface area contributed by atoms with Crippen LogP contribution in [0.3, 0.4) is 0 Å². The van der Waals surface area contributed by atoms with Gasteiger partial charge in [-0.1, -0.05) is 0 Å². The minimum absolute atomic E-state index is 0.00472. The smallest absolute Gasteiger partial charge is 0.241 e. The van der Waals surface area contributed by atoms with Gasteiger partial charge >= 0.3 is 0 Å². The molecule has 2 amide bonds. The van der Waals surface area contributed by atoms with Crippen LogP contribution in [0.4, 0.5) is 0 Å². The van der Waals surface area contributed by atoms with Crippen LogP contribution in [0.15, 0.2) is 0 Å². The molecule has 1 heterocycles. The number of carbonyl (C=O) groups excluding carboxylic acids is 2. The van der Waals surface area contributed by atoms with E-state index in [1.807, 2.05) is 13.8 Å². The van der Waals surface area contributed by atoms with Gasteiger partial charge in [-0.2, -0.15) is 0 Å². The standard InChI is InChI=1S/C13H25N3O2/c1-4-16(5-2)12(17)9-15-13(18)11-7-6-10(3)14-8-11/h10-11,14H,4-9H2,1-3H3,(H,15,18). The SMILES string of the molecule is CCN(CC)C(=O)CNC(=O)C1CCC(C)NC1. The number of nitrogens with one attached hydrogen (secondary N) is 2. The van der Waals surface area contributed by atoms with E-state index in [-0.39, 0.29) is 24.3 Å². The molecule has 2 atom stereocenters. The van der Waals surface area contributed by atoms with Crippen molar-refractivity contribution >= 4 is 11.8 Å². The zero-order valence-corrected chi connectivity index (χ0v) is 11.7. The van der Waals surface area contributed by atoms with Crippen LogP contribution in [-0.2, 0) is 9.59 Å². The number of likely N-dealkylation sites (N-methyl/N-ethyl adjacent to an activating group) is 1. The van der Waals surface area contributed by atoms with Crippen LogP contribution in [0.1, 0.15) is 33.6 Å². The number of carbonyl (C=O) groups is 2. The topological polar surface area (TPSA) is 61.4 Å². The normalized spacial score (nSPS) is 23.5. The number of hydrogen-bond donors (Lipinski definition) is 2. The predicted molar refractivity (Wildman–Crippen MR) is 71.1 cm³/mol. The predicted octanol–water partition coefficient (Wildman–Crippen LogP) is 0.359. The van der Waals surface area contributed by atoms with E-state index in [2.05, 4.69) is 17.6 Å². The maximum Gasteiger partial charge on any atom is 0.241 e. The average Bonchev–Trinajstić information content (AvgIpc) is 2.38. The number of rotatable bonds is 5. The van der Waals surface area contributed by atoms with E-state index >= 15 is 0 Å². The van der Waals surface area contributed by atoms with Crippen molar-refractivity contribution in [2.24, 2.45) is 5.92 Å². The maximum absolute atomic E-state index is 11.9. The molecule has 0 aromatic carbocycles. The summed E-state index contributed by atoms with van der Waals surface area (Å²) in [4.78, 5) is 25.4. The van der Waals surface area contributed by atoms with E-state index in [9.17, 15) is 9.59 Å². The molecule has 5 nitrogen and oxygen atoms in total. The van der Waals surface area contributed by atoms with E-state index < -0.39 is 0 Å². The molecule has 5 heteroatoms. The van der Waals surface area contributed by atoms with E-state index in [0.29, 0.717) is 25.7 Å². The van der Waals surface area contributed by atoms with Crippen molar-refractivity contribution in [2.45, 2.75) is 39.7 Å². The second-order valence-electron chi connectivity index (χ2n) is 4.87. The largest absolute Gasteiger partial charge is 0.347 e. The lowest BCUT2D eigenvalue weighted by atomic mass is 9.95. The summed E-state index contributed by atoms with van der Waals surface area (Å²) in [6.45, 7) is 8.21.